The van der Waals surface area contributed by atoms with Crippen molar-refractivity contribution in [3.05, 3.63) is 0 Å². The Labute approximate surface area is 89.5 Å². The first-order chi connectivity index (χ1) is 7.15. The van der Waals surface area contributed by atoms with E-state index < -0.39 is 0 Å². The SMILES string of the molecule is CCNc1nc(NC(C)C)nc(OC)n1. The van der Waals surface area contributed by atoms with Crippen LogP contribution in [0.4, 0.5) is 11.9 Å². The summed E-state index contributed by atoms with van der Waals surface area (Å²) in [5.74, 6) is 1.04. The van der Waals surface area contributed by atoms with Crippen LogP contribution in [0.2, 0.25) is 0 Å². The highest BCUT2D eigenvalue weighted by atomic mass is 16.5. The van der Waals surface area contributed by atoms with Gasteiger partial charge >= 0.3 is 6.01 Å². The van der Waals surface area contributed by atoms with Gasteiger partial charge in [0, 0.05) is 12.6 Å². The largest absolute Gasteiger partial charge is 0.467 e. The van der Waals surface area contributed by atoms with Gasteiger partial charge in [-0.3, -0.25) is 0 Å². The van der Waals surface area contributed by atoms with Crippen molar-refractivity contribution < 1.29 is 4.74 Å². The Kier molecular flexibility index (Phi) is 4.08. The predicted octanol–water partition coefficient (Wildman–Crippen LogP) is 1.13. The Bertz CT molecular complexity index is 315. The minimum Gasteiger partial charge on any atom is -0.467 e. The molecule has 6 nitrogen and oxygen atoms in total. The Hall–Kier alpha value is -1.59. The van der Waals surface area contributed by atoms with Gasteiger partial charge in [0.15, 0.2) is 0 Å². The maximum absolute atomic E-state index is 4.98. The van der Waals surface area contributed by atoms with Crippen LogP contribution in [-0.2, 0) is 0 Å². The molecule has 1 aromatic heterocycles. The van der Waals surface area contributed by atoms with E-state index in [-0.39, 0.29) is 6.04 Å². The van der Waals surface area contributed by atoms with Crippen LogP contribution in [0.25, 0.3) is 0 Å². The average Bonchev–Trinajstić information content (AvgIpc) is 2.16. The van der Waals surface area contributed by atoms with Crippen molar-refractivity contribution >= 4 is 11.9 Å². The number of anilines is 2. The van der Waals surface area contributed by atoms with E-state index in [1.54, 1.807) is 0 Å². The maximum atomic E-state index is 4.98. The fourth-order valence-corrected chi connectivity index (χ4v) is 1.01. The molecule has 0 aliphatic rings. The summed E-state index contributed by atoms with van der Waals surface area (Å²) in [4.78, 5) is 12.3. The lowest BCUT2D eigenvalue weighted by Crippen LogP contribution is -2.15. The van der Waals surface area contributed by atoms with Crippen LogP contribution in [0.15, 0.2) is 0 Å². The summed E-state index contributed by atoms with van der Waals surface area (Å²) in [7, 11) is 1.53. The Morgan fingerprint density at radius 2 is 1.87 bits per heavy atom. The molecule has 0 amide bonds. The molecule has 0 aromatic carbocycles. The van der Waals surface area contributed by atoms with Crippen LogP contribution in [0.1, 0.15) is 20.8 Å². The molecule has 15 heavy (non-hydrogen) atoms. The highest BCUT2D eigenvalue weighted by Gasteiger charge is 2.06. The van der Waals surface area contributed by atoms with E-state index in [4.69, 9.17) is 4.74 Å². The number of methoxy groups -OCH3 is 1. The quantitative estimate of drug-likeness (QED) is 0.760. The van der Waals surface area contributed by atoms with Gasteiger partial charge in [0.2, 0.25) is 11.9 Å². The van der Waals surface area contributed by atoms with Gasteiger partial charge in [0.05, 0.1) is 7.11 Å². The van der Waals surface area contributed by atoms with E-state index in [1.807, 2.05) is 20.8 Å². The fraction of sp³-hybridized carbons (Fsp3) is 0.667. The van der Waals surface area contributed by atoms with E-state index in [1.165, 1.54) is 7.11 Å². The monoisotopic (exact) mass is 211 g/mol. The molecule has 6 heteroatoms. The number of nitrogens with zero attached hydrogens (tertiary/aromatic N) is 3. The van der Waals surface area contributed by atoms with Crippen LogP contribution in [0.3, 0.4) is 0 Å². The van der Waals surface area contributed by atoms with Crippen LogP contribution >= 0.6 is 0 Å². The molecular formula is C9H17N5O. The average molecular weight is 211 g/mol. The molecule has 2 N–H and O–H groups in total. The molecule has 0 fully saturated rings. The van der Waals surface area contributed by atoms with Crippen molar-refractivity contribution in [2.24, 2.45) is 0 Å². The van der Waals surface area contributed by atoms with E-state index >= 15 is 0 Å². The van der Waals surface area contributed by atoms with Crippen LogP contribution in [0, 0.1) is 0 Å². The lowest BCUT2D eigenvalue weighted by atomic mass is 10.4. The fourth-order valence-electron chi connectivity index (χ4n) is 1.01. The highest BCUT2D eigenvalue weighted by molar-refractivity contribution is 5.36. The van der Waals surface area contributed by atoms with Gasteiger partial charge in [0.1, 0.15) is 0 Å². The Balaban J connectivity index is 2.89. The van der Waals surface area contributed by atoms with Gasteiger partial charge < -0.3 is 15.4 Å². The summed E-state index contributed by atoms with van der Waals surface area (Å²) in [5.41, 5.74) is 0. The number of nitrogens with one attached hydrogen (secondary N) is 2. The van der Waals surface area contributed by atoms with Crippen molar-refractivity contribution in [3.8, 4) is 6.01 Å². The minimum atomic E-state index is 0.270. The lowest BCUT2D eigenvalue weighted by molar-refractivity contribution is 0.379. The van der Waals surface area contributed by atoms with Crippen LogP contribution < -0.4 is 15.4 Å². The smallest absolute Gasteiger partial charge is 0.322 e. The van der Waals surface area contributed by atoms with Gasteiger partial charge in [0.25, 0.3) is 0 Å². The molecule has 1 heterocycles. The Morgan fingerprint density at radius 1 is 1.20 bits per heavy atom. The first-order valence-corrected chi connectivity index (χ1v) is 4.96. The molecule has 0 aliphatic carbocycles. The third-order valence-corrected chi connectivity index (χ3v) is 1.55. The number of hydrogen-bond acceptors (Lipinski definition) is 6. The molecule has 0 bridgehead atoms. The second-order valence-corrected chi connectivity index (χ2v) is 3.30. The number of hydrogen-bond donors (Lipinski definition) is 2. The highest BCUT2D eigenvalue weighted by Crippen LogP contribution is 2.10. The first kappa shape index (κ1) is 11.5. The first-order valence-electron chi connectivity index (χ1n) is 4.96. The van der Waals surface area contributed by atoms with Gasteiger partial charge in [-0.25, -0.2) is 0 Å². The van der Waals surface area contributed by atoms with Crippen molar-refractivity contribution in [1.29, 1.82) is 0 Å². The minimum absolute atomic E-state index is 0.270. The van der Waals surface area contributed by atoms with Gasteiger partial charge in [-0.15, -0.1) is 0 Å². The maximum Gasteiger partial charge on any atom is 0.322 e. The number of aromatic nitrogens is 3. The zero-order valence-corrected chi connectivity index (χ0v) is 9.53. The molecule has 0 aliphatic heterocycles. The summed E-state index contributed by atoms with van der Waals surface area (Å²) < 4.78 is 4.98. The van der Waals surface area contributed by atoms with E-state index in [0.717, 1.165) is 6.54 Å². The summed E-state index contributed by atoms with van der Waals surface area (Å²) in [5, 5.41) is 6.11. The summed E-state index contributed by atoms with van der Waals surface area (Å²) in [6.45, 7) is 6.77. The van der Waals surface area contributed by atoms with Crippen LogP contribution in [-0.4, -0.2) is 34.6 Å². The number of ether oxygens (including phenoxy) is 1. The summed E-state index contributed by atoms with van der Waals surface area (Å²) in [6, 6.07) is 0.579. The summed E-state index contributed by atoms with van der Waals surface area (Å²) >= 11 is 0. The molecule has 0 unspecified atom stereocenters. The second kappa shape index (κ2) is 5.33. The van der Waals surface area contributed by atoms with Gasteiger partial charge in [-0.1, -0.05) is 0 Å². The van der Waals surface area contributed by atoms with Gasteiger partial charge in [-0.05, 0) is 20.8 Å². The van der Waals surface area contributed by atoms with Crippen molar-refractivity contribution in [2.75, 3.05) is 24.3 Å². The zero-order valence-electron chi connectivity index (χ0n) is 9.53. The molecule has 0 saturated heterocycles. The third kappa shape index (κ3) is 3.57. The summed E-state index contributed by atoms with van der Waals surface area (Å²) in [6.07, 6.45) is 0. The lowest BCUT2D eigenvalue weighted by Gasteiger charge is -2.10. The third-order valence-electron chi connectivity index (χ3n) is 1.55. The van der Waals surface area contributed by atoms with Crippen molar-refractivity contribution in [3.63, 3.8) is 0 Å². The second-order valence-electron chi connectivity index (χ2n) is 3.30. The molecule has 0 radical (unpaired) electrons. The molecule has 1 aromatic rings. The van der Waals surface area contributed by atoms with Crippen LogP contribution in [0.5, 0.6) is 6.01 Å². The zero-order chi connectivity index (χ0) is 11.3. The number of rotatable bonds is 5. The predicted molar refractivity (Wildman–Crippen MR) is 59.3 cm³/mol. The van der Waals surface area contributed by atoms with Gasteiger partial charge in [-0.2, -0.15) is 15.0 Å². The van der Waals surface area contributed by atoms with Crippen molar-refractivity contribution in [2.45, 2.75) is 26.8 Å². The molecule has 1 rings (SSSR count). The molecule has 0 atom stereocenters. The normalized spacial score (nSPS) is 10.2. The Morgan fingerprint density at radius 3 is 2.40 bits per heavy atom. The van der Waals surface area contributed by atoms with E-state index in [0.29, 0.717) is 17.9 Å². The molecular weight excluding hydrogens is 194 g/mol. The molecule has 0 saturated carbocycles. The molecule has 84 valence electrons. The van der Waals surface area contributed by atoms with E-state index in [2.05, 4.69) is 25.6 Å². The molecule has 0 spiro atoms. The standard InChI is InChI=1S/C9H17N5O/c1-5-10-7-12-8(11-6(2)3)14-9(13-7)15-4/h6H,5H2,1-4H3,(H2,10,11,12,13,14). The van der Waals surface area contributed by atoms with Crippen molar-refractivity contribution in [1.82, 2.24) is 15.0 Å². The van der Waals surface area contributed by atoms with E-state index in [9.17, 15) is 0 Å². The topological polar surface area (TPSA) is 72.0 Å².